The van der Waals surface area contributed by atoms with Gasteiger partial charge in [-0.25, -0.2) is 4.39 Å². The second-order valence-electron chi connectivity index (χ2n) is 9.84. The van der Waals surface area contributed by atoms with E-state index in [-0.39, 0.29) is 29.6 Å². The molecular weight excluding hydrogens is 474 g/mol. The molecule has 2 amide bonds. The number of hydrogen-bond acceptors (Lipinski definition) is 3. The van der Waals surface area contributed by atoms with Crippen LogP contribution in [0.5, 0.6) is 0 Å². The summed E-state index contributed by atoms with van der Waals surface area (Å²) in [4.78, 5) is 25.6. The maximum absolute atomic E-state index is 14.9. The summed E-state index contributed by atoms with van der Waals surface area (Å²) in [5.41, 5.74) is -0.480. The highest BCUT2D eigenvalue weighted by Gasteiger charge is 2.47. The minimum atomic E-state index is -4.53. The Hall–Kier alpha value is -2.94. The first-order chi connectivity index (χ1) is 17.1. The van der Waals surface area contributed by atoms with Crippen LogP contribution < -0.4 is 16.0 Å². The molecule has 2 unspecified atom stereocenters. The highest BCUT2D eigenvalue weighted by Crippen LogP contribution is 2.50. The second-order valence-corrected chi connectivity index (χ2v) is 9.84. The number of carbonyl (C=O) groups excluding carboxylic acids is 2. The molecule has 2 aliphatic rings. The molecule has 36 heavy (non-hydrogen) atoms. The Morgan fingerprint density at radius 2 is 1.64 bits per heavy atom. The molecular formula is C27H31F4N3O2. The maximum Gasteiger partial charge on any atom is 0.416 e. The van der Waals surface area contributed by atoms with Crippen LogP contribution in [0, 0.1) is 23.6 Å². The minimum Gasteiger partial charge on any atom is -0.351 e. The van der Waals surface area contributed by atoms with E-state index < -0.39 is 35.4 Å². The molecule has 0 aliphatic heterocycles. The lowest BCUT2D eigenvalue weighted by Gasteiger charge is -2.26. The van der Waals surface area contributed by atoms with Crippen LogP contribution in [-0.4, -0.2) is 24.9 Å². The van der Waals surface area contributed by atoms with Crippen LogP contribution in [0.4, 0.5) is 23.2 Å². The Kier molecular flexibility index (Phi) is 7.68. The average Bonchev–Trinajstić information content (AvgIpc) is 3.76. The smallest absolute Gasteiger partial charge is 0.351 e. The molecule has 0 saturated heterocycles. The van der Waals surface area contributed by atoms with Crippen LogP contribution in [0.25, 0.3) is 0 Å². The molecule has 0 bridgehead atoms. The van der Waals surface area contributed by atoms with Crippen molar-refractivity contribution in [3.8, 4) is 0 Å². The number of anilines is 1. The molecule has 3 N–H and O–H groups in total. The summed E-state index contributed by atoms with van der Waals surface area (Å²) in [6.07, 6.45) is -0.0380. The van der Waals surface area contributed by atoms with Gasteiger partial charge in [-0.05, 0) is 86.7 Å². The van der Waals surface area contributed by atoms with Gasteiger partial charge < -0.3 is 16.0 Å². The number of carbonyl (C=O) groups is 2. The third kappa shape index (κ3) is 6.06. The van der Waals surface area contributed by atoms with E-state index in [4.69, 9.17) is 0 Å². The molecule has 0 radical (unpaired) electrons. The van der Waals surface area contributed by atoms with Gasteiger partial charge in [-0.3, -0.25) is 9.59 Å². The third-order valence-electron chi connectivity index (χ3n) is 7.23. The molecule has 9 heteroatoms. The van der Waals surface area contributed by atoms with E-state index in [2.05, 4.69) is 16.0 Å². The van der Waals surface area contributed by atoms with E-state index >= 15 is 0 Å². The fourth-order valence-corrected chi connectivity index (χ4v) is 4.94. The van der Waals surface area contributed by atoms with Crippen LogP contribution >= 0.6 is 0 Å². The maximum atomic E-state index is 14.9. The zero-order valence-corrected chi connectivity index (χ0v) is 20.3. The lowest BCUT2D eigenvalue weighted by Crippen LogP contribution is -2.46. The van der Waals surface area contributed by atoms with Crippen molar-refractivity contribution in [3.05, 3.63) is 65.0 Å². The summed E-state index contributed by atoms with van der Waals surface area (Å²) in [6, 6.07) is 8.77. The molecule has 0 spiro atoms. The van der Waals surface area contributed by atoms with E-state index in [9.17, 15) is 27.2 Å². The van der Waals surface area contributed by atoms with Gasteiger partial charge in [0.25, 0.3) is 0 Å². The van der Waals surface area contributed by atoms with Crippen molar-refractivity contribution in [2.24, 2.45) is 17.8 Å². The number of halogens is 4. The summed E-state index contributed by atoms with van der Waals surface area (Å²) >= 11 is 0. The van der Waals surface area contributed by atoms with Gasteiger partial charge in [0.2, 0.25) is 11.8 Å². The summed E-state index contributed by atoms with van der Waals surface area (Å²) in [5, 5.41) is 8.30. The van der Waals surface area contributed by atoms with Crippen molar-refractivity contribution < 1.29 is 27.2 Å². The van der Waals surface area contributed by atoms with Crippen LogP contribution in [0.1, 0.15) is 55.2 Å². The van der Waals surface area contributed by atoms with Gasteiger partial charge in [0.15, 0.2) is 0 Å². The van der Waals surface area contributed by atoms with Crippen molar-refractivity contribution in [2.75, 3.05) is 12.4 Å². The predicted octanol–water partition coefficient (Wildman–Crippen LogP) is 5.23. The van der Waals surface area contributed by atoms with Gasteiger partial charge >= 0.3 is 6.18 Å². The van der Waals surface area contributed by atoms with Gasteiger partial charge in [-0.15, -0.1) is 0 Å². The van der Waals surface area contributed by atoms with Crippen molar-refractivity contribution in [2.45, 2.75) is 57.3 Å². The first kappa shape index (κ1) is 26.1. The molecule has 4 rings (SSSR count). The third-order valence-corrected chi connectivity index (χ3v) is 7.23. The summed E-state index contributed by atoms with van der Waals surface area (Å²) in [6.45, 7) is 1.25. The Morgan fingerprint density at radius 3 is 2.19 bits per heavy atom. The predicted molar refractivity (Wildman–Crippen MR) is 129 cm³/mol. The number of amides is 2. The molecule has 0 heterocycles. The normalized spacial score (nSPS) is 17.5. The van der Waals surface area contributed by atoms with Gasteiger partial charge in [-0.2, -0.15) is 13.2 Å². The zero-order chi connectivity index (χ0) is 26.0. The van der Waals surface area contributed by atoms with Gasteiger partial charge in [0, 0.05) is 6.54 Å². The van der Waals surface area contributed by atoms with E-state index in [1.165, 1.54) is 30.3 Å². The monoisotopic (exact) mass is 505 g/mol. The second kappa shape index (κ2) is 10.6. The highest BCUT2D eigenvalue weighted by atomic mass is 19.4. The number of nitrogens with one attached hydrogen (secondary N) is 3. The first-order valence-corrected chi connectivity index (χ1v) is 12.3. The topological polar surface area (TPSA) is 70.2 Å². The summed E-state index contributed by atoms with van der Waals surface area (Å²) in [5.74, 6) is -0.958. The SMILES string of the molecule is CNC(C(=O)Nc1ccc(C(C)C(=O)NCc2ccccc2C(F)(F)F)cc1F)C(C1CC1)C1CC1. The number of likely N-dealkylation sites (N-methyl/N-ethyl adjacent to an activating group) is 1. The highest BCUT2D eigenvalue weighted by molar-refractivity contribution is 5.95. The molecule has 2 aromatic carbocycles. The van der Waals surface area contributed by atoms with Gasteiger partial charge in [-0.1, -0.05) is 24.3 Å². The largest absolute Gasteiger partial charge is 0.416 e. The zero-order valence-electron chi connectivity index (χ0n) is 20.3. The van der Waals surface area contributed by atoms with E-state index in [1.807, 2.05) is 0 Å². The fraction of sp³-hybridized carbons (Fsp3) is 0.481. The van der Waals surface area contributed by atoms with Crippen LogP contribution in [0.2, 0.25) is 0 Å². The molecule has 2 aromatic rings. The fourth-order valence-electron chi connectivity index (χ4n) is 4.94. The minimum absolute atomic E-state index is 0.0288. The van der Waals surface area contributed by atoms with Gasteiger partial charge in [0.05, 0.1) is 23.2 Å². The Morgan fingerprint density at radius 1 is 1.00 bits per heavy atom. The standard InChI is InChI=1S/C27H31F4N3O2/c1-15(25(35)33-14-19-5-3-4-6-20(19)27(29,30)31)18-11-12-22(21(28)13-18)34-26(36)24(32-2)23(16-7-8-16)17-9-10-17/h3-6,11-13,15-17,23-24,32H,7-10,14H2,1-2H3,(H,33,35)(H,34,36). The number of hydrogen-bond donors (Lipinski definition) is 3. The van der Waals surface area contributed by atoms with Crippen LogP contribution in [-0.2, 0) is 22.3 Å². The number of benzene rings is 2. The molecule has 2 atom stereocenters. The van der Waals surface area contributed by atoms with Crippen molar-refractivity contribution >= 4 is 17.5 Å². The summed E-state index contributed by atoms with van der Waals surface area (Å²) in [7, 11) is 1.74. The van der Waals surface area contributed by atoms with Crippen molar-refractivity contribution in [3.63, 3.8) is 0 Å². The average molecular weight is 506 g/mol. The lowest BCUT2D eigenvalue weighted by atomic mass is 9.89. The molecule has 2 fully saturated rings. The molecule has 5 nitrogen and oxygen atoms in total. The summed E-state index contributed by atoms with van der Waals surface area (Å²) < 4.78 is 54.4. The Labute approximate surface area is 208 Å². The van der Waals surface area contributed by atoms with Crippen molar-refractivity contribution in [1.29, 1.82) is 0 Å². The quantitative estimate of drug-likeness (QED) is 0.388. The first-order valence-electron chi connectivity index (χ1n) is 12.3. The van der Waals surface area contributed by atoms with E-state index in [0.29, 0.717) is 17.4 Å². The molecule has 194 valence electrons. The Bertz CT molecular complexity index is 1100. The molecule has 0 aromatic heterocycles. The lowest BCUT2D eigenvalue weighted by molar-refractivity contribution is -0.138. The van der Waals surface area contributed by atoms with Crippen LogP contribution in [0.15, 0.2) is 42.5 Å². The molecule has 2 saturated carbocycles. The van der Waals surface area contributed by atoms with E-state index in [0.717, 1.165) is 31.7 Å². The van der Waals surface area contributed by atoms with Gasteiger partial charge in [0.1, 0.15) is 5.82 Å². The Balaban J connectivity index is 1.38. The van der Waals surface area contributed by atoms with Crippen molar-refractivity contribution in [1.82, 2.24) is 10.6 Å². The molecule has 2 aliphatic carbocycles. The number of rotatable bonds is 10. The number of alkyl halides is 3. The van der Waals surface area contributed by atoms with Crippen LogP contribution in [0.3, 0.4) is 0 Å². The van der Waals surface area contributed by atoms with E-state index in [1.54, 1.807) is 20.0 Å².